The number of carbonyl (C=O) groups is 1. The molecule has 1 amide bonds. The van der Waals surface area contributed by atoms with E-state index < -0.39 is 5.82 Å². The van der Waals surface area contributed by atoms with E-state index in [-0.39, 0.29) is 34.4 Å². The summed E-state index contributed by atoms with van der Waals surface area (Å²) >= 11 is 7.00. The molecule has 6 heteroatoms. The van der Waals surface area contributed by atoms with Crippen molar-refractivity contribution in [3.05, 3.63) is 34.6 Å². The molecule has 0 spiro atoms. The molecule has 0 heterocycles. The van der Waals surface area contributed by atoms with Gasteiger partial charge in [-0.1, -0.05) is 11.6 Å². The number of rotatable bonds is 5. The molecule has 18 heavy (non-hydrogen) atoms. The maximum Gasteiger partial charge on any atom is 0.251 e. The molecule has 2 atom stereocenters. The molecule has 1 rings (SSSR count). The van der Waals surface area contributed by atoms with E-state index in [2.05, 4.69) is 5.32 Å². The van der Waals surface area contributed by atoms with Crippen molar-refractivity contribution in [1.82, 2.24) is 5.32 Å². The number of hydrogen-bond acceptors (Lipinski definition) is 3. The molecule has 100 valence electrons. The van der Waals surface area contributed by atoms with Crippen molar-refractivity contribution in [1.29, 1.82) is 0 Å². The molecule has 0 aliphatic rings. The van der Waals surface area contributed by atoms with Crippen LogP contribution in [0.1, 0.15) is 17.3 Å². The third-order valence-corrected chi connectivity index (χ3v) is 4.05. The van der Waals surface area contributed by atoms with Gasteiger partial charge in [0, 0.05) is 16.9 Å². The summed E-state index contributed by atoms with van der Waals surface area (Å²) in [6.45, 7) is 1.76. The van der Waals surface area contributed by atoms with Crippen molar-refractivity contribution < 1.29 is 14.3 Å². The van der Waals surface area contributed by atoms with Crippen LogP contribution in [0.2, 0.25) is 5.02 Å². The zero-order valence-corrected chi connectivity index (χ0v) is 11.7. The number of carbonyl (C=O) groups excluding carboxylic acids is 1. The topological polar surface area (TPSA) is 49.3 Å². The lowest BCUT2D eigenvalue weighted by molar-refractivity contribution is 0.0935. The molecule has 3 nitrogen and oxygen atoms in total. The number of hydrogen-bond donors (Lipinski definition) is 2. The summed E-state index contributed by atoms with van der Waals surface area (Å²) in [6.07, 6.45) is 1.85. The van der Waals surface area contributed by atoms with Gasteiger partial charge in [0.2, 0.25) is 0 Å². The largest absolute Gasteiger partial charge is 0.395 e. The molecule has 2 N–H and O–H groups in total. The normalized spacial score (nSPS) is 14.1. The van der Waals surface area contributed by atoms with Crippen molar-refractivity contribution in [3.8, 4) is 0 Å². The van der Waals surface area contributed by atoms with E-state index >= 15 is 0 Å². The lowest BCUT2D eigenvalue weighted by Crippen LogP contribution is -2.41. The van der Waals surface area contributed by atoms with Crippen LogP contribution in [0, 0.1) is 5.82 Å². The number of halogens is 2. The van der Waals surface area contributed by atoms with E-state index in [9.17, 15) is 9.18 Å². The Morgan fingerprint density at radius 1 is 1.61 bits per heavy atom. The Morgan fingerprint density at radius 2 is 2.28 bits per heavy atom. The van der Waals surface area contributed by atoms with Crippen molar-refractivity contribution in [2.75, 3.05) is 12.9 Å². The van der Waals surface area contributed by atoms with E-state index in [4.69, 9.17) is 16.7 Å². The van der Waals surface area contributed by atoms with E-state index in [0.717, 1.165) is 6.07 Å². The van der Waals surface area contributed by atoms with E-state index in [1.54, 1.807) is 6.92 Å². The second-order valence-electron chi connectivity index (χ2n) is 3.85. The highest BCUT2D eigenvalue weighted by Gasteiger charge is 2.18. The average Bonchev–Trinajstić information content (AvgIpc) is 2.34. The number of aliphatic hydroxyl groups is 1. The van der Waals surface area contributed by atoms with Gasteiger partial charge < -0.3 is 10.4 Å². The molecular formula is C12H15ClFNO2S. The van der Waals surface area contributed by atoms with Crippen LogP contribution in [0.3, 0.4) is 0 Å². The highest BCUT2D eigenvalue weighted by atomic mass is 35.5. The van der Waals surface area contributed by atoms with Gasteiger partial charge in [0.15, 0.2) is 0 Å². The summed E-state index contributed by atoms with van der Waals surface area (Å²) in [6, 6.07) is 3.68. The molecule has 0 aromatic heterocycles. The van der Waals surface area contributed by atoms with Gasteiger partial charge in [0.25, 0.3) is 5.91 Å². The highest BCUT2D eigenvalue weighted by Crippen LogP contribution is 2.16. The average molecular weight is 292 g/mol. The van der Waals surface area contributed by atoms with Crippen LogP contribution in [-0.2, 0) is 0 Å². The van der Waals surface area contributed by atoms with Crippen LogP contribution in [-0.4, -0.2) is 35.2 Å². The van der Waals surface area contributed by atoms with Crippen molar-refractivity contribution in [2.24, 2.45) is 0 Å². The predicted octanol–water partition coefficient (Wildman–Crippen LogP) is 2.32. The van der Waals surface area contributed by atoms with Crippen LogP contribution in [0.5, 0.6) is 0 Å². The second kappa shape index (κ2) is 6.97. The number of benzene rings is 1. The van der Waals surface area contributed by atoms with Gasteiger partial charge in [0.1, 0.15) is 5.82 Å². The minimum Gasteiger partial charge on any atom is -0.395 e. The predicted molar refractivity (Wildman–Crippen MR) is 72.7 cm³/mol. The van der Waals surface area contributed by atoms with E-state index in [0.29, 0.717) is 0 Å². The lowest BCUT2D eigenvalue weighted by Gasteiger charge is -2.21. The molecule has 0 saturated carbocycles. The Hall–Kier alpha value is -0.780. The molecule has 2 unspecified atom stereocenters. The Bertz CT molecular complexity index is 427. The zero-order chi connectivity index (χ0) is 13.7. The summed E-state index contributed by atoms with van der Waals surface area (Å²) in [5, 5.41) is 11.7. The first-order chi connectivity index (χ1) is 8.49. The molecule has 1 aromatic rings. The number of amides is 1. The standard InChI is InChI=1S/C12H15ClFNO2S/c1-7(11(6-16)18-2)15-12(17)8-3-4-9(13)10(14)5-8/h3-5,7,11,16H,6H2,1-2H3,(H,15,17). The Kier molecular flexibility index (Phi) is 5.91. The molecular weight excluding hydrogens is 277 g/mol. The summed E-state index contributed by atoms with van der Waals surface area (Å²) in [4.78, 5) is 11.8. The van der Waals surface area contributed by atoms with E-state index in [1.807, 2.05) is 6.26 Å². The van der Waals surface area contributed by atoms with E-state index in [1.165, 1.54) is 23.9 Å². The highest BCUT2D eigenvalue weighted by molar-refractivity contribution is 7.99. The number of thioether (sulfide) groups is 1. The summed E-state index contributed by atoms with van der Waals surface area (Å²) < 4.78 is 13.2. The maximum absolute atomic E-state index is 13.2. The van der Waals surface area contributed by atoms with Gasteiger partial charge >= 0.3 is 0 Å². The molecule has 0 bridgehead atoms. The fraction of sp³-hybridized carbons (Fsp3) is 0.417. The second-order valence-corrected chi connectivity index (χ2v) is 5.33. The third kappa shape index (κ3) is 3.86. The van der Waals surface area contributed by atoms with Crippen molar-refractivity contribution in [3.63, 3.8) is 0 Å². The molecule has 0 saturated heterocycles. The lowest BCUT2D eigenvalue weighted by atomic mass is 10.1. The van der Waals surface area contributed by atoms with Gasteiger partial charge in [-0.3, -0.25) is 4.79 Å². The fourth-order valence-corrected chi connectivity index (χ4v) is 2.20. The fourth-order valence-electron chi connectivity index (χ4n) is 1.46. The van der Waals surface area contributed by atoms with Gasteiger partial charge in [-0.15, -0.1) is 0 Å². The third-order valence-electron chi connectivity index (χ3n) is 2.58. The van der Waals surface area contributed by atoms with Crippen LogP contribution in [0.4, 0.5) is 4.39 Å². The van der Waals surface area contributed by atoms with Gasteiger partial charge in [-0.25, -0.2) is 4.39 Å². The van der Waals surface area contributed by atoms with Gasteiger partial charge in [-0.2, -0.15) is 11.8 Å². The summed E-state index contributed by atoms with van der Waals surface area (Å²) in [5.41, 5.74) is 0.210. The molecule has 0 aliphatic heterocycles. The Morgan fingerprint density at radius 3 is 2.78 bits per heavy atom. The van der Waals surface area contributed by atoms with Gasteiger partial charge in [-0.05, 0) is 31.4 Å². The van der Waals surface area contributed by atoms with Gasteiger partial charge in [0.05, 0.1) is 11.6 Å². The molecule has 0 fully saturated rings. The first kappa shape index (κ1) is 15.3. The molecule has 1 aromatic carbocycles. The zero-order valence-electron chi connectivity index (χ0n) is 10.1. The SMILES string of the molecule is CSC(CO)C(C)NC(=O)c1ccc(Cl)c(F)c1. The van der Waals surface area contributed by atoms with Crippen LogP contribution in [0.15, 0.2) is 18.2 Å². The van der Waals surface area contributed by atoms with Crippen LogP contribution >= 0.6 is 23.4 Å². The minimum absolute atomic E-state index is 0.0167. The smallest absolute Gasteiger partial charge is 0.251 e. The van der Waals surface area contributed by atoms with Crippen molar-refractivity contribution >= 4 is 29.3 Å². The first-order valence-electron chi connectivity index (χ1n) is 5.39. The first-order valence-corrected chi connectivity index (χ1v) is 7.05. The van der Waals surface area contributed by atoms with Crippen molar-refractivity contribution in [2.45, 2.75) is 18.2 Å². The Labute approximate surface area is 115 Å². The maximum atomic E-state index is 13.2. The van der Waals surface area contributed by atoms with Crippen LogP contribution < -0.4 is 5.32 Å². The quantitative estimate of drug-likeness (QED) is 0.875. The number of aliphatic hydroxyl groups excluding tert-OH is 1. The summed E-state index contributed by atoms with van der Waals surface area (Å²) in [5.74, 6) is -1.01. The molecule has 0 radical (unpaired) electrons. The number of nitrogens with one attached hydrogen (secondary N) is 1. The Balaban J connectivity index is 2.73. The van der Waals surface area contributed by atoms with Crippen LogP contribution in [0.25, 0.3) is 0 Å². The monoisotopic (exact) mass is 291 g/mol. The molecule has 0 aliphatic carbocycles. The summed E-state index contributed by atoms with van der Waals surface area (Å²) in [7, 11) is 0. The minimum atomic E-state index is -0.624.